The minimum Gasteiger partial charge on any atom is -0.270 e. The van der Waals surface area contributed by atoms with Crippen LogP contribution < -0.4 is 0 Å². The smallest absolute Gasteiger partial charge is 0.0624 e. The van der Waals surface area contributed by atoms with Gasteiger partial charge in [-0.1, -0.05) is 20.3 Å². The van der Waals surface area contributed by atoms with Crippen LogP contribution in [0.4, 0.5) is 0 Å². The van der Waals surface area contributed by atoms with Crippen molar-refractivity contribution in [2.75, 3.05) is 0 Å². The third-order valence-electron chi connectivity index (χ3n) is 2.21. The maximum Gasteiger partial charge on any atom is 0.0624 e. The summed E-state index contributed by atoms with van der Waals surface area (Å²) < 4.78 is 2.06. The molecule has 68 valence electrons. The highest BCUT2D eigenvalue weighted by molar-refractivity contribution is 4.99. The first-order chi connectivity index (χ1) is 5.77. The van der Waals surface area contributed by atoms with Crippen molar-refractivity contribution in [3.63, 3.8) is 0 Å². The first kappa shape index (κ1) is 9.30. The Morgan fingerprint density at radius 2 is 2.25 bits per heavy atom. The normalized spacial score (nSPS) is 13.2. The van der Waals surface area contributed by atoms with Crippen molar-refractivity contribution in [3.05, 3.63) is 18.0 Å². The van der Waals surface area contributed by atoms with Crippen molar-refractivity contribution >= 4 is 0 Å². The average molecular weight is 166 g/mol. The largest absolute Gasteiger partial charge is 0.270 e. The van der Waals surface area contributed by atoms with Crippen LogP contribution in [0.5, 0.6) is 0 Å². The fourth-order valence-corrected chi connectivity index (χ4v) is 1.20. The zero-order valence-corrected chi connectivity index (χ0v) is 8.25. The van der Waals surface area contributed by atoms with Gasteiger partial charge in [-0.3, -0.25) is 4.68 Å². The Labute approximate surface area is 74.6 Å². The van der Waals surface area contributed by atoms with E-state index in [1.165, 1.54) is 12.1 Å². The second kappa shape index (κ2) is 4.29. The van der Waals surface area contributed by atoms with Gasteiger partial charge in [0.2, 0.25) is 0 Å². The maximum absolute atomic E-state index is 4.49. The molecule has 2 heteroatoms. The summed E-state index contributed by atoms with van der Waals surface area (Å²) in [6.45, 7) is 6.57. The molecule has 0 saturated carbocycles. The van der Waals surface area contributed by atoms with Crippen molar-refractivity contribution in [1.29, 1.82) is 0 Å². The van der Waals surface area contributed by atoms with E-state index in [0.29, 0.717) is 6.04 Å². The summed E-state index contributed by atoms with van der Waals surface area (Å²) in [5.74, 6) is 0. The van der Waals surface area contributed by atoms with E-state index in [1.54, 1.807) is 0 Å². The monoisotopic (exact) mass is 166 g/mol. The summed E-state index contributed by atoms with van der Waals surface area (Å²) in [6.07, 6.45) is 5.51. The van der Waals surface area contributed by atoms with Gasteiger partial charge in [0.1, 0.15) is 0 Å². The molecule has 0 amide bonds. The Hall–Kier alpha value is -0.790. The van der Waals surface area contributed by atoms with E-state index in [0.717, 1.165) is 12.8 Å². The summed E-state index contributed by atoms with van der Waals surface area (Å²) in [6, 6.07) is 2.66. The van der Waals surface area contributed by atoms with Crippen LogP contribution in [-0.2, 0) is 6.42 Å². The standard InChI is InChI=1S/C10H18N2/c1-4-6-10-7-8-12(11-10)9(3)5-2/h7-9H,4-6H2,1-3H3. The fraction of sp³-hybridized carbons (Fsp3) is 0.700. The molecule has 1 aromatic rings. The molecule has 0 spiro atoms. The van der Waals surface area contributed by atoms with Crippen molar-refractivity contribution in [1.82, 2.24) is 9.78 Å². The van der Waals surface area contributed by atoms with Crippen LogP contribution in [-0.4, -0.2) is 9.78 Å². The van der Waals surface area contributed by atoms with Crippen LogP contribution in [0.2, 0.25) is 0 Å². The first-order valence-electron chi connectivity index (χ1n) is 4.82. The zero-order chi connectivity index (χ0) is 8.97. The van der Waals surface area contributed by atoms with E-state index in [4.69, 9.17) is 0 Å². The molecule has 0 aliphatic heterocycles. The Balaban J connectivity index is 2.63. The average Bonchev–Trinajstić information content (AvgIpc) is 2.52. The van der Waals surface area contributed by atoms with E-state index in [2.05, 4.69) is 42.8 Å². The molecule has 0 bridgehead atoms. The fourth-order valence-electron chi connectivity index (χ4n) is 1.20. The molecule has 0 fully saturated rings. The minimum absolute atomic E-state index is 0.538. The third kappa shape index (κ3) is 2.10. The van der Waals surface area contributed by atoms with E-state index in [-0.39, 0.29) is 0 Å². The first-order valence-corrected chi connectivity index (χ1v) is 4.82. The number of hydrogen-bond donors (Lipinski definition) is 0. The number of nitrogens with zero attached hydrogens (tertiary/aromatic N) is 2. The van der Waals surface area contributed by atoms with Crippen molar-refractivity contribution < 1.29 is 0 Å². The van der Waals surface area contributed by atoms with Crippen LogP contribution in [0.15, 0.2) is 12.3 Å². The zero-order valence-electron chi connectivity index (χ0n) is 8.25. The Morgan fingerprint density at radius 3 is 2.83 bits per heavy atom. The van der Waals surface area contributed by atoms with Gasteiger partial charge in [0.25, 0.3) is 0 Å². The van der Waals surface area contributed by atoms with Gasteiger partial charge in [-0.05, 0) is 25.8 Å². The molecule has 0 radical (unpaired) electrons. The topological polar surface area (TPSA) is 17.8 Å². The second-order valence-electron chi connectivity index (χ2n) is 3.29. The molecule has 0 aromatic carbocycles. The molecule has 12 heavy (non-hydrogen) atoms. The van der Waals surface area contributed by atoms with E-state index < -0.39 is 0 Å². The highest BCUT2D eigenvalue weighted by Crippen LogP contribution is 2.09. The van der Waals surface area contributed by atoms with Gasteiger partial charge in [0.15, 0.2) is 0 Å². The van der Waals surface area contributed by atoms with Crippen molar-refractivity contribution in [2.45, 2.75) is 46.1 Å². The SMILES string of the molecule is CCCc1ccn(C(C)CC)n1. The molecule has 1 heterocycles. The summed E-state index contributed by atoms with van der Waals surface area (Å²) in [5, 5.41) is 4.49. The number of hydrogen-bond acceptors (Lipinski definition) is 1. The van der Waals surface area contributed by atoms with Crippen LogP contribution in [0.25, 0.3) is 0 Å². The Morgan fingerprint density at radius 1 is 1.50 bits per heavy atom. The molecule has 1 atom stereocenters. The van der Waals surface area contributed by atoms with Gasteiger partial charge >= 0.3 is 0 Å². The minimum atomic E-state index is 0.538. The molecular formula is C10H18N2. The van der Waals surface area contributed by atoms with Gasteiger partial charge in [0, 0.05) is 12.2 Å². The number of aromatic nitrogens is 2. The van der Waals surface area contributed by atoms with Gasteiger partial charge in [-0.15, -0.1) is 0 Å². The van der Waals surface area contributed by atoms with Crippen LogP contribution in [0, 0.1) is 0 Å². The Bertz CT molecular complexity index is 227. The van der Waals surface area contributed by atoms with Gasteiger partial charge in [-0.2, -0.15) is 5.10 Å². The van der Waals surface area contributed by atoms with E-state index >= 15 is 0 Å². The Kier molecular flexibility index (Phi) is 3.32. The lowest BCUT2D eigenvalue weighted by Crippen LogP contribution is -2.04. The van der Waals surface area contributed by atoms with Gasteiger partial charge in [0.05, 0.1) is 5.69 Å². The van der Waals surface area contributed by atoms with Crippen LogP contribution in [0.1, 0.15) is 45.3 Å². The molecule has 0 aliphatic rings. The summed E-state index contributed by atoms with van der Waals surface area (Å²) in [7, 11) is 0. The van der Waals surface area contributed by atoms with E-state index in [1.807, 2.05) is 0 Å². The highest BCUT2D eigenvalue weighted by Gasteiger charge is 2.02. The van der Waals surface area contributed by atoms with Crippen molar-refractivity contribution in [2.24, 2.45) is 0 Å². The quantitative estimate of drug-likeness (QED) is 0.672. The molecule has 0 saturated heterocycles. The predicted molar refractivity (Wildman–Crippen MR) is 51.2 cm³/mol. The van der Waals surface area contributed by atoms with Gasteiger partial charge < -0.3 is 0 Å². The molecule has 0 aliphatic carbocycles. The third-order valence-corrected chi connectivity index (χ3v) is 2.21. The van der Waals surface area contributed by atoms with Crippen LogP contribution >= 0.6 is 0 Å². The van der Waals surface area contributed by atoms with E-state index in [9.17, 15) is 0 Å². The number of aryl methyl sites for hydroxylation is 1. The lowest BCUT2D eigenvalue weighted by molar-refractivity contribution is 0.473. The van der Waals surface area contributed by atoms with Crippen molar-refractivity contribution in [3.8, 4) is 0 Å². The number of rotatable bonds is 4. The lowest BCUT2D eigenvalue weighted by atomic mass is 10.3. The molecular weight excluding hydrogens is 148 g/mol. The summed E-state index contributed by atoms with van der Waals surface area (Å²) in [4.78, 5) is 0. The second-order valence-corrected chi connectivity index (χ2v) is 3.29. The van der Waals surface area contributed by atoms with Gasteiger partial charge in [-0.25, -0.2) is 0 Å². The molecule has 1 rings (SSSR count). The molecule has 1 unspecified atom stereocenters. The molecule has 0 N–H and O–H groups in total. The highest BCUT2D eigenvalue weighted by atomic mass is 15.3. The summed E-state index contributed by atoms with van der Waals surface area (Å²) >= 11 is 0. The predicted octanol–water partition coefficient (Wildman–Crippen LogP) is 2.81. The maximum atomic E-state index is 4.49. The molecule has 1 aromatic heterocycles. The van der Waals surface area contributed by atoms with Crippen LogP contribution in [0.3, 0.4) is 0 Å². The lowest BCUT2D eigenvalue weighted by Gasteiger charge is -2.07. The molecule has 2 nitrogen and oxygen atoms in total. The summed E-state index contributed by atoms with van der Waals surface area (Å²) in [5.41, 5.74) is 1.22.